The monoisotopic (exact) mass is 272 g/mol. The van der Waals surface area contributed by atoms with Crippen molar-refractivity contribution in [2.24, 2.45) is 0 Å². The second-order valence-electron chi connectivity index (χ2n) is 4.37. The summed E-state index contributed by atoms with van der Waals surface area (Å²) in [5, 5.41) is 19.0. The normalized spacial score (nSPS) is 11.8. The molecule has 0 aliphatic carbocycles. The fourth-order valence-corrected chi connectivity index (χ4v) is 2.06. The molecule has 1 heterocycles. The van der Waals surface area contributed by atoms with Crippen molar-refractivity contribution in [3.8, 4) is 0 Å². The van der Waals surface area contributed by atoms with Crippen LogP contribution in [0.5, 0.6) is 0 Å². The first kappa shape index (κ1) is 14.0. The Labute approximate surface area is 117 Å². The van der Waals surface area contributed by atoms with Crippen LogP contribution in [0.15, 0.2) is 54.9 Å². The van der Waals surface area contributed by atoms with Crippen LogP contribution in [0.3, 0.4) is 0 Å². The first-order valence-electron chi connectivity index (χ1n) is 6.26. The third kappa shape index (κ3) is 3.33. The van der Waals surface area contributed by atoms with Crippen molar-refractivity contribution >= 4 is 6.09 Å². The first-order chi connectivity index (χ1) is 9.72. The number of aliphatic hydroxyl groups excluding tert-OH is 1. The number of aliphatic hydroxyl groups is 1. The number of rotatable bonds is 5. The Morgan fingerprint density at radius 3 is 2.35 bits per heavy atom. The minimum atomic E-state index is -1.07. The maximum Gasteiger partial charge on any atom is 0.408 e. The largest absolute Gasteiger partial charge is 0.465 e. The van der Waals surface area contributed by atoms with Gasteiger partial charge in [0.05, 0.1) is 12.6 Å². The van der Waals surface area contributed by atoms with E-state index in [0.29, 0.717) is 0 Å². The number of hydrogen-bond donors (Lipinski definition) is 2. The number of carboxylic acid groups (broad SMARTS) is 1. The standard InChI is InChI=1S/C15H16N2O3/c18-11-14(13-4-2-1-3-5-13)17(15(19)20)10-12-6-8-16-9-7-12/h1-9,14,18H,10-11H2,(H,19,20)/t14-/m0/s1. The van der Waals surface area contributed by atoms with Gasteiger partial charge in [0, 0.05) is 18.9 Å². The lowest BCUT2D eigenvalue weighted by molar-refractivity contribution is 0.0931. The second-order valence-corrected chi connectivity index (χ2v) is 4.37. The fourth-order valence-electron chi connectivity index (χ4n) is 2.06. The molecular formula is C15H16N2O3. The molecule has 104 valence electrons. The maximum atomic E-state index is 11.5. The quantitative estimate of drug-likeness (QED) is 0.875. The van der Waals surface area contributed by atoms with Crippen LogP contribution in [0.25, 0.3) is 0 Å². The van der Waals surface area contributed by atoms with E-state index in [-0.39, 0.29) is 13.2 Å². The lowest BCUT2D eigenvalue weighted by Gasteiger charge is -2.28. The molecular weight excluding hydrogens is 256 g/mol. The van der Waals surface area contributed by atoms with E-state index in [9.17, 15) is 15.0 Å². The highest BCUT2D eigenvalue weighted by Gasteiger charge is 2.24. The van der Waals surface area contributed by atoms with Crippen molar-refractivity contribution in [3.05, 3.63) is 66.0 Å². The molecule has 1 amide bonds. The van der Waals surface area contributed by atoms with Crippen LogP contribution in [0.4, 0.5) is 4.79 Å². The van der Waals surface area contributed by atoms with E-state index in [4.69, 9.17) is 0 Å². The van der Waals surface area contributed by atoms with Gasteiger partial charge in [0.1, 0.15) is 0 Å². The summed E-state index contributed by atoms with van der Waals surface area (Å²) in [6, 6.07) is 12.1. The number of pyridine rings is 1. The van der Waals surface area contributed by atoms with Gasteiger partial charge in [-0.3, -0.25) is 9.88 Å². The van der Waals surface area contributed by atoms with Gasteiger partial charge in [0.15, 0.2) is 0 Å². The molecule has 2 aromatic rings. The summed E-state index contributed by atoms with van der Waals surface area (Å²) < 4.78 is 0. The minimum absolute atomic E-state index is 0.206. The molecule has 0 saturated carbocycles. The predicted molar refractivity (Wildman–Crippen MR) is 74.1 cm³/mol. The highest BCUT2D eigenvalue weighted by molar-refractivity contribution is 5.66. The molecule has 1 atom stereocenters. The van der Waals surface area contributed by atoms with Crippen molar-refractivity contribution in [1.82, 2.24) is 9.88 Å². The van der Waals surface area contributed by atoms with Crippen molar-refractivity contribution in [1.29, 1.82) is 0 Å². The van der Waals surface area contributed by atoms with E-state index in [2.05, 4.69) is 4.98 Å². The molecule has 0 saturated heterocycles. The molecule has 1 aromatic heterocycles. The van der Waals surface area contributed by atoms with Crippen molar-refractivity contribution in [3.63, 3.8) is 0 Å². The molecule has 5 heteroatoms. The van der Waals surface area contributed by atoms with Crippen molar-refractivity contribution in [2.45, 2.75) is 12.6 Å². The van der Waals surface area contributed by atoms with Crippen LogP contribution in [0.1, 0.15) is 17.2 Å². The highest BCUT2D eigenvalue weighted by Crippen LogP contribution is 2.22. The zero-order valence-corrected chi connectivity index (χ0v) is 10.9. The number of benzene rings is 1. The third-order valence-electron chi connectivity index (χ3n) is 3.08. The Morgan fingerprint density at radius 2 is 1.80 bits per heavy atom. The van der Waals surface area contributed by atoms with Gasteiger partial charge < -0.3 is 10.2 Å². The van der Waals surface area contributed by atoms with E-state index < -0.39 is 12.1 Å². The van der Waals surface area contributed by atoms with Crippen LogP contribution >= 0.6 is 0 Å². The molecule has 0 bridgehead atoms. The second kappa shape index (κ2) is 6.68. The number of aromatic nitrogens is 1. The van der Waals surface area contributed by atoms with E-state index >= 15 is 0 Å². The molecule has 1 aromatic carbocycles. The lowest BCUT2D eigenvalue weighted by atomic mass is 10.1. The molecule has 5 nitrogen and oxygen atoms in total. The molecule has 2 N–H and O–H groups in total. The summed E-state index contributed by atoms with van der Waals surface area (Å²) in [6.07, 6.45) is 2.17. The van der Waals surface area contributed by atoms with E-state index in [1.807, 2.05) is 30.3 Å². The van der Waals surface area contributed by atoms with Gasteiger partial charge in [0.2, 0.25) is 0 Å². The molecule has 0 aliphatic heterocycles. The summed E-state index contributed by atoms with van der Waals surface area (Å²) in [6.45, 7) is -0.0562. The van der Waals surface area contributed by atoms with Gasteiger partial charge in [-0.05, 0) is 23.3 Å². The van der Waals surface area contributed by atoms with Gasteiger partial charge in [0.25, 0.3) is 0 Å². The molecule has 0 spiro atoms. The molecule has 0 fully saturated rings. The summed E-state index contributed by atoms with van der Waals surface area (Å²) in [5.41, 5.74) is 1.60. The summed E-state index contributed by atoms with van der Waals surface area (Å²) in [5.74, 6) is 0. The average molecular weight is 272 g/mol. The van der Waals surface area contributed by atoms with Gasteiger partial charge in [-0.1, -0.05) is 30.3 Å². The fraction of sp³-hybridized carbons (Fsp3) is 0.200. The molecule has 0 aliphatic rings. The van der Waals surface area contributed by atoms with Gasteiger partial charge in [-0.2, -0.15) is 0 Å². The molecule has 2 rings (SSSR count). The maximum absolute atomic E-state index is 11.5. The number of hydrogen-bond acceptors (Lipinski definition) is 3. The zero-order chi connectivity index (χ0) is 14.4. The Hall–Kier alpha value is -2.40. The first-order valence-corrected chi connectivity index (χ1v) is 6.26. The van der Waals surface area contributed by atoms with Crippen molar-refractivity contribution < 1.29 is 15.0 Å². The smallest absolute Gasteiger partial charge is 0.408 e. The SMILES string of the molecule is O=C(O)N(Cc1ccncc1)[C@@H](CO)c1ccccc1. The summed E-state index contributed by atoms with van der Waals surface area (Å²) in [4.78, 5) is 16.6. The topological polar surface area (TPSA) is 73.7 Å². The van der Waals surface area contributed by atoms with Crippen LogP contribution in [-0.2, 0) is 6.54 Å². The minimum Gasteiger partial charge on any atom is -0.465 e. The van der Waals surface area contributed by atoms with Crippen LogP contribution in [0.2, 0.25) is 0 Å². The Morgan fingerprint density at radius 1 is 1.15 bits per heavy atom. The van der Waals surface area contributed by atoms with Crippen molar-refractivity contribution in [2.75, 3.05) is 6.61 Å². The van der Waals surface area contributed by atoms with Crippen LogP contribution in [0, 0.1) is 0 Å². The Kier molecular flexibility index (Phi) is 4.68. The lowest BCUT2D eigenvalue weighted by Crippen LogP contribution is -2.35. The summed E-state index contributed by atoms with van der Waals surface area (Å²) in [7, 11) is 0. The molecule has 0 unspecified atom stereocenters. The van der Waals surface area contributed by atoms with Crippen LogP contribution in [-0.4, -0.2) is 32.8 Å². The molecule has 20 heavy (non-hydrogen) atoms. The average Bonchev–Trinajstić information content (AvgIpc) is 2.49. The number of amides is 1. The third-order valence-corrected chi connectivity index (χ3v) is 3.08. The van der Waals surface area contributed by atoms with E-state index in [1.54, 1.807) is 24.5 Å². The van der Waals surface area contributed by atoms with E-state index in [0.717, 1.165) is 11.1 Å². The number of nitrogens with zero attached hydrogens (tertiary/aromatic N) is 2. The van der Waals surface area contributed by atoms with Gasteiger partial charge in [-0.15, -0.1) is 0 Å². The van der Waals surface area contributed by atoms with E-state index in [1.165, 1.54) is 4.90 Å². The zero-order valence-electron chi connectivity index (χ0n) is 10.9. The highest BCUT2D eigenvalue weighted by atomic mass is 16.4. The number of carbonyl (C=O) groups is 1. The predicted octanol–water partition coefficient (Wildman–Crippen LogP) is 2.30. The Balaban J connectivity index is 2.25. The van der Waals surface area contributed by atoms with Crippen LogP contribution < -0.4 is 0 Å². The van der Waals surface area contributed by atoms with Gasteiger partial charge in [-0.25, -0.2) is 4.79 Å². The molecule has 0 radical (unpaired) electrons. The summed E-state index contributed by atoms with van der Waals surface area (Å²) >= 11 is 0. The van der Waals surface area contributed by atoms with Gasteiger partial charge >= 0.3 is 6.09 Å². The Bertz CT molecular complexity index is 546.